The van der Waals surface area contributed by atoms with Gasteiger partial charge in [0.15, 0.2) is 0 Å². The van der Waals surface area contributed by atoms with Gasteiger partial charge < -0.3 is 15.6 Å². The summed E-state index contributed by atoms with van der Waals surface area (Å²) in [7, 11) is 0. The van der Waals surface area contributed by atoms with E-state index in [1.54, 1.807) is 0 Å². The maximum absolute atomic E-state index is 11.4. The number of fused-ring (bicyclic) bond motifs is 1. The van der Waals surface area contributed by atoms with Gasteiger partial charge in [-0.15, -0.1) is 0 Å². The van der Waals surface area contributed by atoms with Crippen molar-refractivity contribution in [1.29, 1.82) is 0 Å². The second kappa shape index (κ2) is 5.49. The second-order valence-corrected chi connectivity index (χ2v) is 5.05. The molecule has 1 aliphatic rings. The highest BCUT2D eigenvalue weighted by Crippen LogP contribution is 2.10. The molecule has 0 saturated carbocycles. The van der Waals surface area contributed by atoms with Crippen molar-refractivity contribution in [2.75, 3.05) is 13.1 Å². The minimum atomic E-state index is -0.300. The van der Waals surface area contributed by atoms with Crippen LogP contribution in [0.1, 0.15) is 19.7 Å². The highest BCUT2D eigenvalue weighted by atomic mass is 16.1. The van der Waals surface area contributed by atoms with E-state index < -0.39 is 0 Å². The first-order valence-electron chi connectivity index (χ1n) is 6.34. The number of hydrogen-bond donors (Lipinski definition) is 2. The average molecular weight is 251 g/mol. The number of carbonyl (C=O) groups is 1. The predicted molar refractivity (Wildman–Crippen MR) is 68.8 cm³/mol. The molecule has 1 aromatic heterocycles. The van der Waals surface area contributed by atoms with Gasteiger partial charge in [0.05, 0.1) is 12.6 Å². The number of amides is 1. The molecule has 2 rings (SSSR count). The summed E-state index contributed by atoms with van der Waals surface area (Å²) in [6, 6.07) is -0.0548. The summed E-state index contributed by atoms with van der Waals surface area (Å²) < 4.78 is 2.14. The summed E-state index contributed by atoms with van der Waals surface area (Å²) in [6.45, 7) is 7.28. The summed E-state index contributed by atoms with van der Waals surface area (Å²) in [5.74, 6) is 0.756. The van der Waals surface area contributed by atoms with Crippen LogP contribution in [-0.2, 0) is 17.9 Å². The largest absolute Gasteiger partial charge is 0.368 e. The Kier molecular flexibility index (Phi) is 3.98. The lowest BCUT2D eigenvalue weighted by molar-refractivity contribution is -0.120. The van der Waals surface area contributed by atoms with E-state index >= 15 is 0 Å². The molecule has 6 heteroatoms. The fourth-order valence-electron chi connectivity index (χ4n) is 2.26. The third-order valence-electron chi connectivity index (χ3n) is 3.14. The van der Waals surface area contributed by atoms with E-state index in [1.807, 2.05) is 26.2 Å². The lowest BCUT2D eigenvalue weighted by Crippen LogP contribution is -2.52. The molecule has 1 atom stereocenters. The highest BCUT2D eigenvalue weighted by molar-refractivity contribution is 5.80. The molecule has 1 aromatic rings. The van der Waals surface area contributed by atoms with E-state index in [0.717, 1.165) is 25.5 Å². The molecule has 0 saturated heterocycles. The van der Waals surface area contributed by atoms with Crippen molar-refractivity contribution in [1.82, 2.24) is 19.8 Å². The van der Waals surface area contributed by atoms with Gasteiger partial charge >= 0.3 is 0 Å². The van der Waals surface area contributed by atoms with Gasteiger partial charge in [0, 0.05) is 38.1 Å². The number of primary amides is 1. The van der Waals surface area contributed by atoms with E-state index in [1.165, 1.54) is 0 Å². The number of imidazole rings is 1. The van der Waals surface area contributed by atoms with E-state index in [-0.39, 0.29) is 18.0 Å². The Bertz CT molecular complexity index is 414. The summed E-state index contributed by atoms with van der Waals surface area (Å²) in [5, 5.41) is 3.20. The molecule has 0 aliphatic carbocycles. The molecular formula is C12H21N5O. The Morgan fingerprint density at radius 3 is 3.00 bits per heavy atom. The SMILES string of the molecule is CC(C)NC(CN1CCn2ccnc2C1)C(N)=O. The maximum atomic E-state index is 11.4. The normalized spacial score (nSPS) is 17.7. The van der Waals surface area contributed by atoms with Crippen molar-refractivity contribution in [2.24, 2.45) is 5.73 Å². The Labute approximate surface area is 107 Å². The van der Waals surface area contributed by atoms with Crippen molar-refractivity contribution < 1.29 is 4.79 Å². The number of aromatic nitrogens is 2. The molecular weight excluding hydrogens is 230 g/mol. The van der Waals surface area contributed by atoms with Gasteiger partial charge in [0.1, 0.15) is 5.82 Å². The van der Waals surface area contributed by atoms with Gasteiger partial charge in [0.25, 0.3) is 0 Å². The molecule has 0 bridgehead atoms. The van der Waals surface area contributed by atoms with Crippen molar-refractivity contribution in [2.45, 2.75) is 39.0 Å². The molecule has 0 radical (unpaired) electrons. The molecule has 1 aliphatic heterocycles. The van der Waals surface area contributed by atoms with Crippen LogP contribution in [0.5, 0.6) is 0 Å². The predicted octanol–water partition coefficient (Wildman–Crippen LogP) is -0.449. The Morgan fingerprint density at radius 2 is 2.33 bits per heavy atom. The third-order valence-corrected chi connectivity index (χ3v) is 3.14. The first-order chi connectivity index (χ1) is 8.56. The number of hydrogen-bond acceptors (Lipinski definition) is 4. The smallest absolute Gasteiger partial charge is 0.235 e. The van der Waals surface area contributed by atoms with Crippen LogP contribution in [0.25, 0.3) is 0 Å². The van der Waals surface area contributed by atoms with Crippen LogP contribution in [0.2, 0.25) is 0 Å². The molecule has 100 valence electrons. The number of rotatable bonds is 5. The molecule has 0 spiro atoms. The van der Waals surface area contributed by atoms with E-state index in [0.29, 0.717) is 6.54 Å². The minimum absolute atomic E-state index is 0.245. The van der Waals surface area contributed by atoms with Crippen molar-refractivity contribution >= 4 is 5.91 Å². The number of nitrogens with two attached hydrogens (primary N) is 1. The van der Waals surface area contributed by atoms with Crippen LogP contribution in [0, 0.1) is 0 Å². The van der Waals surface area contributed by atoms with Gasteiger partial charge in [-0.25, -0.2) is 4.98 Å². The number of nitrogens with zero attached hydrogens (tertiary/aromatic N) is 3. The van der Waals surface area contributed by atoms with E-state index in [4.69, 9.17) is 5.73 Å². The van der Waals surface area contributed by atoms with Gasteiger partial charge in [0.2, 0.25) is 5.91 Å². The van der Waals surface area contributed by atoms with Gasteiger partial charge in [-0.3, -0.25) is 9.69 Å². The topological polar surface area (TPSA) is 76.2 Å². The number of nitrogens with one attached hydrogen (secondary N) is 1. The van der Waals surface area contributed by atoms with Crippen molar-refractivity contribution in [3.05, 3.63) is 18.2 Å². The summed E-state index contributed by atoms with van der Waals surface area (Å²) in [6.07, 6.45) is 3.81. The molecule has 3 N–H and O–H groups in total. The third kappa shape index (κ3) is 3.08. The molecule has 1 unspecified atom stereocenters. The fraction of sp³-hybridized carbons (Fsp3) is 0.667. The molecule has 1 amide bonds. The van der Waals surface area contributed by atoms with Gasteiger partial charge in [-0.05, 0) is 0 Å². The van der Waals surface area contributed by atoms with E-state index in [9.17, 15) is 4.79 Å². The monoisotopic (exact) mass is 251 g/mol. The van der Waals surface area contributed by atoms with Gasteiger partial charge in [-0.1, -0.05) is 13.8 Å². The van der Waals surface area contributed by atoms with Crippen LogP contribution in [-0.4, -0.2) is 45.5 Å². The standard InChI is InChI=1S/C12H21N5O/c1-9(2)15-10(12(13)18)7-16-5-6-17-4-3-14-11(17)8-16/h3-4,9-10,15H,5-8H2,1-2H3,(H2,13,18). The van der Waals surface area contributed by atoms with Gasteiger partial charge in [-0.2, -0.15) is 0 Å². The molecule has 6 nitrogen and oxygen atoms in total. The first kappa shape index (κ1) is 13.0. The quantitative estimate of drug-likeness (QED) is 0.743. The highest BCUT2D eigenvalue weighted by Gasteiger charge is 2.23. The first-order valence-corrected chi connectivity index (χ1v) is 6.34. The minimum Gasteiger partial charge on any atom is -0.368 e. The fourth-order valence-corrected chi connectivity index (χ4v) is 2.26. The Hall–Kier alpha value is -1.40. The molecule has 0 aromatic carbocycles. The lowest BCUT2D eigenvalue weighted by Gasteiger charge is -2.30. The van der Waals surface area contributed by atoms with E-state index in [2.05, 4.69) is 19.8 Å². The summed E-state index contributed by atoms with van der Waals surface area (Å²) >= 11 is 0. The molecule has 18 heavy (non-hydrogen) atoms. The van der Waals surface area contributed by atoms with Crippen LogP contribution in [0.3, 0.4) is 0 Å². The van der Waals surface area contributed by atoms with Crippen molar-refractivity contribution in [3.63, 3.8) is 0 Å². The zero-order valence-electron chi connectivity index (χ0n) is 11.0. The second-order valence-electron chi connectivity index (χ2n) is 5.05. The van der Waals surface area contributed by atoms with Crippen LogP contribution < -0.4 is 11.1 Å². The van der Waals surface area contributed by atoms with Crippen LogP contribution in [0.4, 0.5) is 0 Å². The van der Waals surface area contributed by atoms with Crippen molar-refractivity contribution in [3.8, 4) is 0 Å². The average Bonchev–Trinajstić information content (AvgIpc) is 2.74. The lowest BCUT2D eigenvalue weighted by atomic mass is 10.2. The van der Waals surface area contributed by atoms with Crippen LogP contribution >= 0.6 is 0 Å². The zero-order valence-corrected chi connectivity index (χ0v) is 11.0. The maximum Gasteiger partial charge on any atom is 0.235 e. The zero-order chi connectivity index (χ0) is 13.1. The Balaban J connectivity index is 1.95. The molecule has 2 heterocycles. The Morgan fingerprint density at radius 1 is 1.56 bits per heavy atom. The number of carbonyl (C=O) groups excluding carboxylic acids is 1. The summed E-state index contributed by atoms with van der Waals surface area (Å²) in [4.78, 5) is 17.9. The molecule has 0 fully saturated rings. The van der Waals surface area contributed by atoms with Crippen LogP contribution in [0.15, 0.2) is 12.4 Å². The summed E-state index contributed by atoms with van der Waals surface area (Å²) in [5.41, 5.74) is 5.43.